The van der Waals surface area contributed by atoms with Crippen molar-refractivity contribution in [2.75, 3.05) is 20.3 Å². The van der Waals surface area contributed by atoms with E-state index in [-0.39, 0.29) is 0 Å². The van der Waals surface area contributed by atoms with Gasteiger partial charge in [0.2, 0.25) is 0 Å². The monoisotopic (exact) mass is 249 g/mol. The van der Waals surface area contributed by atoms with E-state index in [2.05, 4.69) is 24.4 Å². The van der Waals surface area contributed by atoms with E-state index in [1.54, 1.807) is 0 Å². The van der Waals surface area contributed by atoms with E-state index in [0.29, 0.717) is 24.7 Å². The summed E-state index contributed by atoms with van der Waals surface area (Å²) in [7, 11) is 2.02. The molecule has 0 radical (unpaired) electrons. The van der Waals surface area contributed by atoms with Gasteiger partial charge >= 0.3 is 0 Å². The number of benzene rings is 1. The van der Waals surface area contributed by atoms with Gasteiger partial charge in [-0.3, -0.25) is 0 Å². The van der Waals surface area contributed by atoms with Crippen molar-refractivity contribution in [3.63, 3.8) is 0 Å². The molecule has 1 aliphatic rings. The Morgan fingerprint density at radius 2 is 2.11 bits per heavy atom. The first-order chi connectivity index (χ1) is 8.76. The zero-order valence-corrected chi connectivity index (χ0v) is 11.5. The molecule has 3 heteroatoms. The summed E-state index contributed by atoms with van der Waals surface area (Å²) in [5.74, 6) is 1.49. The molecule has 0 bridgehead atoms. The van der Waals surface area contributed by atoms with Crippen molar-refractivity contribution in [2.24, 2.45) is 5.92 Å². The molecule has 0 aliphatic carbocycles. The maximum atomic E-state index is 5.67. The minimum absolute atomic E-state index is 0.328. The van der Waals surface area contributed by atoms with Crippen LogP contribution in [0.2, 0.25) is 0 Å². The number of nitrogens with one attached hydrogen (secondary N) is 1. The molecule has 1 aromatic carbocycles. The van der Waals surface area contributed by atoms with Gasteiger partial charge in [0.1, 0.15) is 5.75 Å². The highest BCUT2D eigenvalue weighted by Gasteiger charge is 2.31. The van der Waals surface area contributed by atoms with Gasteiger partial charge in [0, 0.05) is 18.6 Å². The smallest absolute Gasteiger partial charge is 0.119 e. The van der Waals surface area contributed by atoms with Crippen LogP contribution in [-0.4, -0.2) is 26.4 Å². The second-order valence-corrected chi connectivity index (χ2v) is 4.80. The molecule has 1 aromatic rings. The molecule has 3 atom stereocenters. The third kappa shape index (κ3) is 2.85. The van der Waals surface area contributed by atoms with Crippen molar-refractivity contribution < 1.29 is 9.47 Å². The lowest BCUT2D eigenvalue weighted by atomic mass is 9.88. The molecule has 0 spiro atoms. The van der Waals surface area contributed by atoms with Gasteiger partial charge in [-0.2, -0.15) is 0 Å². The van der Waals surface area contributed by atoms with Crippen LogP contribution in [0.3, 0.4) is 0 Å². The molecule has 3 nitrogen and oxygen atoms in total. The molecule has 1 N–H and O–H groups in total. The predicted molar refractivity (Wildman–Crippen MR) is 72.9 cm³/mol. The van der Waals surface area contributed by atoms with Crippen LogP contribution in [0, 0.1) is 5.92 Å². The molecule has 18 heavy (non-hydrogen) atoms. The fourth-order valence-electron chi connectivity index (χ4n) is 2.75. The van der Waals surface area contributed by atoms with E-state index in [1.807, 2.05) is 26.1 Å². The number of rotatable bonds is 5. The normalized spacial score (nSPS) is 25.1. The Labute approximate surface area is 109 Å². The van der Waals surface area contributed by atoms with Crippen LogP contribution in [0.5, 0.6) is 5.75 Å². The fraction of sp³-hybridized carbons (Fsp3) is 0.600. The Morgan fingerprint density at radius 1 is 1.39 bits per heavy atom. The molecular weight excluding hydrogens is 226 g/mol. The highest BCUT2D eigenvalue weighted by Crippen LogP contribution is 2.33. The van der Waals surface area contributed by atoms with Crippen LogP contribution >= 0.6 is 0 Å². The first-order valence-electron chi connectivity index (χ1n) is 6.78. The molecule has 1 heterocycles. The van der Waals surface area contributed by atoms with Crippen LogP contribution < -0.4 is 10.1 Å². The predicted octanol–water partition coefficient (Wildman–Crippen LogP) is 2.77. The summed E-state index contributed by atoms with van der Waals surface area (Å²) >= 11 is 0. The summed E-state index contributed by atoms with van der Waals surface area (Å²) in [5, 5.41) is 3.42. The second-order valence-electron chi connectivity index (χ2n) is 4.80. The lowest BCUT2D eigenvalue weighted by Crippen LogP contribution is -2.29. The molecule has 1 saturated heterocycles. The molecular formula is C15H23NO2. The van der Waals surface area contributed by atoms with Gasteiger partial charge in [0.15, 0.2) is 0 Å². The molecule has 1 aliphatic heterocycles. The molecule has 1 fully saturated rings. The van der Waals surface area contributed by atoms with Crippen LogP contribution in [-0.2, 0) is 4.74 Å². The first kappa shape index (κ1) is 13.4. The average molecular weight is 249 g/mol. The standard InChI is InChI=1S/C15H23NO2/c1-4-17-13-7-5-12(6-8-13)15(16-3)14-9-10-18-11(14)2/h5-8,11,14-16H,4,9-10H2,1-3H3. The highest BCUT2D eigenvalue weighted by molar-refractivity contribution is 5.29. The summed E-state index contributed by atoms with van der Waals surface area (Å²) in [6.45, 7) is 5.75. The maximum Gasteiger partial charge on any atom is 0.119 e. The third-order valence-corrected chi connectivity index (χ3v) is 3.72. The molecule has 0 amide bonds. The summed E-state index contributed by atoms with van der Waals surface area (Å²) < 4.78 is 11.1. The summed E-state index contributed by atoms with van der Waals surface area (Å²) in [5.41, 5.74) is 1.31. The Kier molecular flexibility index (Phi) is 4.61. The fourth-order valence-corrected chi connectivity index (χ4v) is 2.75. The quantitative estimate of drug-likeness (QED) is 0.870. The van der Waals surface area contributed by atoms with E-state index in [4.69, 9.17) is 9.47 Å². The third-order valence-electron chi connectivity index (χ3n) is 3.72. The van der Waals surface area contributed by atoms with Crippen molar-refractivity contribution >= 4 is 0 Å². The zero-order chi connectivity index (χ0) is 13.0. The largest absolute Gasteiger partial charge is 0.494 e. The number of hydrogen-bond acceptors (Lipinski definition) is 3. The van der Waals surface area contributed by atoms with Crippen molar-refractivity contribution in [3.8, 4) is 5.75 Å². The molecule has 100 valence electrons. The van der Waals surface area contributed by atoms with Crippen molar-refractivity contribution in [1.29, 1.82) is 0 Å². The van der Waals surface area contributed by atoms with Gasteiger partial charge in [-0.15, -0.1) is 0 Å². The van der Waals surface area contributed by atoms with Crippen molar-refractivity contribution in [2.45, 2.75) is 32.4 Å². The minimum Gasteiger partial charge on any atom is -0.494 e. The number of hydrogen-bond donors (Lipinski definition) is 1. The van der Waals surface area contributed by atoms with Crippen LogP contribution in [0.15, 0.2) is 24.3 Å². The average Bonchev–Trinajstić information content (AvgIpc) is 2.79. The molecule has 3 unspecified atom stereocenters. The van der Waals surface area contributed by atoms with Crippen LogP contribution in [0.25, 0.3) is 0 Å². The molecule has 0 aromatic heterocycles. The Hall–Kier alpha value is -1.06. The lowest BCUT2D eigenvalue weighted by molar-refractivity contribution is 0.0963. The minimum atomic E-state index is 0.328. The first-order valence-corrected chi connectivity index (χ1v) is 6.78. The van der Waals surface area contributed by atoms with E-state index in [1.165, 1.54) is 5.56 Å². The molecule has 2 rings (SSSR count). The van der Waals surface area contributed by atoms with Gasteiger partial charge in [0.05, 0.1) is 12.7 Å². The molecule has 0 saturated carbocycles. The van der Waals surface area contributed by atoms with E-state index in [0.717, 1.165) is 18.8 Å². The Morgan fingerprint density at radius 3 is 2.61 bits per heavy atom. The van der Waals surface area contributed by atoms with E-state index >= 15 is 0 Å². The zero-order valence-electron chi connectivity index (χ0n) is 11.5. The maximum absolute atomic E-state index is 5.67. The van der Waals surface area contributed by atoms with Gasteiger partial charge in [0.25, 0.3) is 0 Å². The topological polar surface area (TPSA) is 30.5 Å². The Bertz CT molecular complexity index is 363. The van der Waals surface area contributed by atoms with E-state index < -0.39 is 0 Å². The number of ether oxygens (including phenoxy) is 2. The van der Waals surface area contributed by atoms with Crippen LogP contribution in [0.1, 0.15) is 31.9 Å². The lowest BCUT2D eigenvalue weighted by Gasteiger charge is -2.26. The summed E-state index contributed by atoms with van der Waals surface area (Å²) in [4.78, 5) is 0. The van der Waals surface area contributed by atoms with Crippen LogP contribution in [0.4, 0.5) is 0 Å². The van der Waals surface area contributed by atoms with Gasteiger partial charge < -0.3 is 14.8 Å². The highest BCUT2D eigenvalue weighted by atomic mass is 16.5. The van der Waals surface area contributed by atoms with Gasteiger partial charge in [-0.1, -0.05) is 12.1 Å². The Balaban J connectivity index is 2.11. The second kappa shape index (κ2) is 6.21. The van der Waals surface area contributed by atoms with Crippen molar-refractivity contribution in [3.05, 3.63) is 29.8 Å². The SMILES string of the molecule is CCOc1ccc(C(NC)C2CCOC2C)cc1. The van der Waals surface area contributed by atoms with Gasteiger partial charge in [-0.05, 0) is 45.0 Å². The summed E-state index contributed by atoms with van der Waals surface area (Å²) in [6.07, 6.45) is 1.45. The van der Waals surface area contributed by atoms with Crippen molar-refractivity contribution in [1.82, 2.24) is 5.32 Å². The van der Waals surface area contributed by atoms with E-state index in [9.17, 15) is 0 Å². The summed E-state index contributed by atoms with van der Waals surface area (Å²) in [6, 6.07) is 8.75. The van der Waals surface area contributed by atoms with Gasteiger partial charge in [-0.25, -0.2) is 0 Å².